The summed E-state index contributed by atoms with van der Waals surface area (Å²) >= 11 is 18.5. The number of ether oxygens (including phenoxy) is 1. The van der Waals surface area contributed by atoms with E-state index in [4.69, 9.17) is 50.5 Å². The Labute approximate surface area is 192 Å². The molecule has 0 spiro atoms. The number of pyridine rings is 1. The first-order valence-corrected chi connectivity index (χ1v) is 9.98. The molecule has 0 aliphatic heterocycles. The second-order valence-electron chi connectivity index (χ2n) is 6.46. The van der Waals surface area contributed by atoms with Crippen LogP contribution in [0.5, 0.6) is 0 Å². The van der Waals surface area contributed by atoms with E-state index in [1.165, 1.54) is 13.0 Å². The summed E-state index contributed by atoms with van der Waals surface area (Å²) in [5.74, 6) is -1.46. The Bertz CT molecular complexity index is 1290. The lowest BCUT2D eigenvalue weighted by atomic mass is 10.0. The Morgan fingerprint density at radius 2 is 1.84 bits per heavy atom. The van der Waals surface area contributed by atoms with Crippen molar-refractivity contribution in [3.05, 3.63) is 74.4 Å². The van der Waals surface area contributed by atoms with E-state index in [0.29, 0.717) is 22.2 Å². The molecule has 1 heterocycles. The number of rotatable bonds is 5. The number of nitriles is 1. The van der Waals surface area contributed by atoms with E-state index in [0.717, 1.165) is 0 Å². The molecule has 1 aromatic heterocycles. The van der Waals surface area contributed by atoms with Gasteiger partial charge in [0, 0.05) is 16.6 Å². The zero-order valence-corrected chi connectivity index (χ0v) is 18.3. The third-order valence-electron chi connectivity index (χ3n) is 4.37. The van der Waals surface area contributed by atoms with Gasteiger partial charge in [0.25, 0.3) is 0 Å². The van der Waals surface area contributed by atoms with Gasteiger partial charge in [0.1, 0.15) is 11.6 Å². The van der Waals surface area contributed by atoms with Crippen LogP contribution in [0.4, 0.5) is 0 Å². The summed E-state index contributed by atoms with van der Waals surface area (Å²) in [5, 5.41) is 10.2. The molecule has 0 aliphatic carbocycles. The van der Waals surface area contributed by atoms with Gasteiger partial charge in [-0.25, -0.2) is 9.78 Å². The number of hydrogen-bond acceptors (Lipinski definition) is 6. The standard InChI is InChI=1S/C22H14Cl3N3O3/c1-11(27)15(9-26)19(29)10-31-22(30)14-8-18(28-17-5-3-2-4-12(14)17)13-6-7-16(23)21(25)20(13)24/h2-8H,10,27H2,1H3/b15-11+. The van der Waals surface area contributed by atoms with Crippen molar-refractivity contribution in [2.45, 2.75) is 6.92 Å². The minimum atomic E-state index is -0.767. The van der Waals surface area contributed by atoms with Gasteiger partial charge in [-0.3, -0.25) is 4.79 Å². The Morgan fingerprint density at radius 3 is 2.52 bits per heavy atom. The monoisotopic (exact) mass is 473 g/mol. The van der Waals surface area contributed by atoms with Crippen LogP contribution in [0.2, 0.25) is 15.1 Å². The molecule has 3 rings (SSSR count). The van der Waals surface area contributed by atoms with Crippen LogP contribution in [0.25, 0.3) is 22.2 Å². The third kappa shape index (κ3) is 4.64. The van der Waals surface area contributed by atoms with Crippen molar-refractivity contribution in [1.29, 1.82) is 5.26 Å². The molecule has 2 aromatic carbocycles. The number of allylic oxidation sites excluding steroid dienone is 1. The number of nitrogens with zero attached hydrogens (tertiary/aromatic N) is 2. The van der Waals surface area contributed by atoms with Gasteiger partial charge in [-0.2, -0.15) is 5.26 Å². The summed E-state index contributed by atoms with van der Waals surface area (Å²) in [7, 11) is 0. The molecule has 0 bridgehead atoms. The second-order valence-corrected chi connectivity index (χ2v) is 7.63. The molecule has 0 amide bonds. The first-order valence-electron chi connectivity index (χ1n) is 8.85. The summed E-state index contributed by atoms with van der Waals surface area (Å²) in [5.41, 5.74) is 6.84. The number of esters is 1. The van der Waals surface area contributed by atoms with E-state index in [-0.39, 0.29) is 31.9 Å². The average Bonchev–Trinajstić information content (AvgIpc) is 2.75. The number of para-hydroxylation sites is 1. The highest BCUT2D eigenvalue weighted by molar-refractivity contribution is 6.49. The van der Waals surface area contributed by atoms with Gasteiger partial charge in [-0.05, 0) is 31.2 Å². The Morgan fingerprint density at radius 1 is 1.13 bits per heavy atom. The van der Waals surface area contributed by atoms with E-state index in [2.05, 4.69) is 4.98 Å². The van der Waals surface area contributed by atoms with Crippen LogP contribution in [0.15, 0.2) is 53.7 Å². The molecule has 0 fully saturated rings. The first-order chi connectivity index (χ1) is 14.7. The van der Waals surface area contributed by atoms with Crippen molar-refractivity contribution in [3.8, 4) is 17.3 Å². The summed E-state index contributed by atoms with van der Waals surface area (Å²) in [4.78, 5) is 29.5. The minimum absolute atomic E-state index is 0.0504. The SMILES string of the molecule is C/C(N)=C(/C#N)C(=O)COC(=O)c1cc(-c2ccc(Cl)c(Cl)c2Cl)nc2ccccc12. The van der Waals surface area contributed by atoms with Gasteiger partial charge in [-0.15, -0.1) is 0 Å². The van der Waals surface area contributed by atoms with Crippen molar-refractivity contribution in [1.82, 2.24) is 4.98 Å². The van der Waals surface area contributed by atoms with Crippen molar-refractivity contribution in [2.24, 2.45) is 5.73 Å². The maximum Gasteiger partial charge on any atom is 0.339 e. The lowest BCUT2D eigenvalue weighted by molar-refractivity contribution is -0.118. The summed E-state index contributed by atoms with van der Waals surface area (Å²) in [6.45, 7) is 0.789. The summed E-state index contributed by atoms with van der Waals surface area (Å²) in [6, 6.07) is 13.3. The van der Waals surface area contributed by atoms with Gasteiger partial charge in [0.05, 0.1) is 31.8 Å². The van der Waals surface area contributed by atoms with Gasteiger partial charge < -0.3 is 10.5 Å². The molecular weight excluding hydrogens is 461 g/mol. The number of ketones is 1. The largest absolute Gasteiger partial charge is 0.454 e. The fraction of sp³-hybridized carbons (Fsp3) is 0.0909. The lowest BCUT2D eigenvalue weighted by Gasteiger charge is -2.12. The summed E-state index contributed by atoms with van der Waals surface area (Å²) < 4.78 is 5.16. The Hall–Kier alpha value is -3.11. The lowest BCUT2D eigenvalue weighted by Crippen LogP contribution is -2.18. The van der Waals surface area contributed by atoms with E-state index in [9.17, 15) is 9.59 Å². The smallest absolute Gasteiger partial charge is 0.339 e. The highest BCUT2D eigenvalue weighted by Crippen LogP contribution is 2.38. The molecule has 31 heavy (non-hydrogen) atoms. The highest BCUT2D eigenvalue weighted by Gasteiger charge is 2.20. The molecule has 0 saturated heterocycles. The number of hydrogen-bond donors (Lipinski definition) is 1. The number of carbonyl (C=O) groups is 2. The Kier molecular flexibility index (Phi) is 6.81. The maximum atomic E-state index is 12.8. The van der Waals surface area contributed by atoms with E-state index < -0.39 is 18.4 Å². The number of carbonyl (C=O) groups excluding carboxylic acids is 2. The van der Waals surface area contributed by atoms with Gasteiger partial charge in [0.15, 0.2) is 6.61 Å². The predicted octanol–water partition coefficient (Wildman–Crippen LogP) is 5.34. The van der Waals surface area contributed by atoms with Gasteiger partial charge in [0.2, 0.25) is 5.78 Å². The molecular formula is C22H14Cl3N3O3. The molecule has 0 aliphatic rings. The van der Waals surface area contributed by atoms with Crippen molar-refractivity contribution < 1.29 is 14.3 Å². The van der Waals surface area contributed by atoms with Crippen molar-refractivity contribution in [3.63, 3.8) is 0 Å². The van der Waals surface area contributed by atoms with Crippen LogP contribution in [0.1, 0.15) is 17.3 Å². The highest BCUT2D eigenvalue weighted by atomic mass is 35.5. The Balaban J connectivity index is 2.04. The average molecular weight is 475 g/mol. The minimum Gasteiger partial charge on any atom is -0.454 e. The van der Waals surface area contributed by atoms with Crippen molar-refractivity contribution >= 4 is 57.5 Å². The molecule has 0 radical (unpaired) electrons. The number of fused-ring (bicyclic) bond motifs is 1. The fourth-order valence-electron chi connectivity index (χ4n) is 2.86. The predicted molar refractivity (Wildman–Crippen MR) is 120 cm³/mol. The molecule has 0 unspecified atom stereocenters. The number of benzene rings is 2. The topological polar surface area (TPSA) is 106 Å². The molecule has 156 valence electrons. The first kappa shape index (κ1) is 22.6. The van der Waals surface area contributed by atoms with E-state index in [1.807, 2.05) is 0 Å². The molecule has 6 nitrogen and oxygen atoms in total. The number of Topliss-reactive ketones (excluding diaryl/α,β-unsaturated/α-hetero) is 1. The molecule has 3 aromatic rings. The zero-order chi connectivity index (χ0) is 22.7. The molecule has 9 heteroatoms. The maximum absolute atomic E-state index is 12.8. The second kappa shape index (κ2) is 9.36. The number of halogens is 3. The zero-order valence-electron chi connectivity index (χ0n) is 16.1. The van der Waals surface area contributed by atoms with Gasteiger partial charge >= 0.3 is 5.97 Å². The molecule has 2 N–H and O–H groups in total. The fourth-order valence-corrected chi connectivity index (χ4v) is 3.49. The van der Waals surface area contributed by atoms with E-state index in [1.54, 1.807) is 42.5 Å². The van der Waals surface area contributed by atoms with Crippen LogP contribution < -0.4 is 5.73 Å². The normalized spacial score (nSPS) is 11.6. The van der Waals surface area contributed by atoms with Gasteiger partial charge in [-0.1, -0.05) is 53.0 Å². The number of nitrogens with two attached hydrogens (primary N) is 1. The quantitative estimate of drug-likeness (QED) is 0.231. The van der Waals surface area contributed by atoms with E-state index >= 15 is 0 Å². The van der Waals surface area contributed by atoms with Crippen LogP contribution in [0.3, 0.4) is 0 Å². The van der Waals surface area contributed by atoms with Crippen LogP contribution >= 0.6 is 34.8 Å². The van der Waals surface area contributed by atoms with Crippen molar-refractivity contribution in [2.75, 3.05) is 6.61 Å². The van der Waals surface area contributed by atoms with Crippen LogP contribution in [0, 0.1) is 11.3 Å². The van der Waals surface area contributed by atoms with Crippen LogP contribution in [-0.4, -0.2) is 23.3 Å². The van der Waals surface area contributed by atoms with Crippen LogP contribution in [-0.2, 0) is 9.53 Å². The number of aromatic nitrogens is 1. The summed E-state index contributed by atoms with van der Waals surface area (Å²) in [6.07, 6.45) is 0. The third-order valence-corrected chi connectivity index (χ3v) is 5.66. The molecule has 0 atom stereocenters. The molecule has 0 saturated carbocycles.